The minimum Gasteiger partial charge on any atom is -0.492 e. The minimum absolute atomic E-state index is 0.0152. The van der Waals surface area contributed by atoms with Crippen LogP contribution < -0.4 is 18.9 Å². The Kier molecular flexibility index (Phi) is 4.72. The lowest BCUT2D eigenvalue weighted by molar-refractivity contribution is 0.114. The number of likely N-dealkylation sites (N-methyl/N-ethyl adjacent to an activating group) is 1. The van der Waals surface area contributed by atoms with Crippen LogP contribution in [-0.2, 0) is 27.7 Å². The van der Waals surface area contributed by atoms with Crippen molar-refractivity contribution < 1.29 is 27.4 Å². The van der Waals surface area contributed by atoms with E-state index in [1.54, 1.807) is 7.11 Å². The van der Waals surface area contributed by atoms with Crippen LogP contribution >= 0.6 is 0 Å². The van der Waals surface area contributed by atoms with Crippen molar-refractivity contribution in [2.75, 3.05) is 40.6 Å². The monoisotopic (exact) mass is 384 g/mol. The van der Waals surface area contributed by atoms with Gasteiger partial charge in [0.1, 0.15) is 4.90 Å². The molecular formula is C17H24N2O6S. The molecule has 8 nitrogen and oxygen atoms in total. The lowest BCUT2D eigenvalue weighted by Gasteiger charge is -2.29. The van der Waals surface area contributed by atoms with Crippen LogP contribution in [-0.4, -0.2) is 60.1 Å². The Morgan fingerprint density at radius 1 is 1.27 bits per heavy atom. The number of nitrogens with one attached hydrogen (secondary N) is 1. The van der Waals surface area contributed by atoms with Gasteiger partial charge in [-0.25, -0.2) is 13.1 Å². The van der Waals surface area contributed by atoms with Crippen molar-refractivity contribution in [1.82, 2.24) is 9.62 Å². The van der Waals surface area contributed by atoms with Gasteiger partial charge >= 0.3 is 0 Å². The second kappa shape index (κ2) is 6.88. The predicted molar refractivity (Wildman–Crippen MR) is 93.3 cm³/mol. The topological polar surface area (TPSA) is 86.3 Å². The molecule has 1 saturated heterocycles. The van der Waals surface area contributed by atoms with Gasteiger partial charge < -0.3 is 23.8 Å². The van der Waals surface area contributed by atoms with Crippen LogP contribution in [0.1, 0.15) is 24.0 Å². The summed E-state index contributed by atoms with van der Waals surface area (Å²) in [6.07, 6.45) is 2.36. The zero-order chi connectivity index (χ0) is 18.3. The Bertz CT molecular complexity index is 804. The van der Waals surface area contributed by atoms with Crippen molar-refractivity contribution in [1.29, 1.82) is 0 Å². The van der Waals surface area contributed by atoms with Gasteiger partial charge in [-0.15, -0.1) is 0 Å². The molecule has 0 saturated carbocycles. The first kappa shape index (κ1) is 17.8. The molecule has 0 bridgehead atoms. The highest BCUT2D eigenvalue weighted by Crippen LogP contribution is 2.51. The summed E-state index contributed by atoms with van der Waals surface area (Å²) < 4.78 is 51.2. The summed E-state index contributed by atoms with van der Waals surface area (Å²) in [5.74, 6) is 1.20. The molecule has 26 heavy (non-hydrogen) atoms. The SMILES string of the molecule is COc1c2c(c(S(=O)(=O)NC[C@H]3CCCO3)c3c1OCO3)CCN(C)C2. The third-order valence-electron chi connectivity index (χ3n) is 5.11. The molecule has 0 amide bonds. The maximum atomic E-state index is 13.1. The molecule has 0 aliphatic carbocycles. The molecule has 0 radical (unpaired) electrons. The van der Waals surface area contributed by atoms with E-state index in [1.807, 2.05) is 7.05 Å². The van der Waals surface area contributed by atoms with E-state index in [0.29, 0.717) is 31.1 Å². The van der Waals surface area contributed by atoms with Crippen LogP contribution in [0.3, 0.4) is 0 Å². The Labute approximate surface area is 153 Å². The largest absolute Gasteiger partial charge is 0.492 e. The molecule has 0 aromatic heterocycles. The van der Waals surface area contributed by atoms with Gasteiger partial charge in [-0.1, -0.05) is 0 Å². The van der Waals surface area contributed by atoms with Crippen LogP contribution in [0, 0.1) is 0 Å². The number of rotatable bonds is 5. The summed E-state index contributed by atoms with van der Waals surface area (Å²) in [6, 6.07) is 0. The molecule has 144 valence electrons. The molecule has 0 spiro atoms. The molecule has 0 unspecified atom stereocenters. The third-order valence-corrected chi connectivity index (χ3v) is 6.62. The van der Waals surface area contributed by atoms with E-state index in [0.717, 1.165) is 30.5 Å². The molecule has 1 aromatic rings. The van der Waals surface area contributed by atoms with Gasteiger partial charge in [0, 0.05) is 31.8 Å². The molecule has 4 rings (SSSR count). The average Bonchev–Trinajstić information content (AvgIpc) is 3.29. The van der Waals surface area contributed by atoms with Gasteiger partial charge in [0.25, 0.3) is 0 Å². The van der Waals surface area contributed by atoms with Crippen LogP contribution in [0.5, 0.6) is 17.2 Å². The number of benzene rings is 1. The summed E-state index contributed by atoms with van der Waals surface area (Å²) in [6.45, 7) is 2.30. The molecule has 9 heteroatoms. The molecule has 1 aromatic carbocycles. The molecule has 3 heterocycles. The second-order valence-electron chi connectivity index (χ2n) is 6.86. The average molecular weight is 384 g/mol. The van der Waals surface area contributed by atoms with E-state index in [1.165, 1.54) is 0 Å². The lowest BCUT2D eigenvalue weighted by atomic mass is 9.97. The zero-order valence-corrected chi connectivity index (χ0v) is 15.9. The van der Waals surface area contributed by atoms with E-state index in [4.69, 9.17) is 18.9 Å². The number of sulfonamides is 1. The molecule has 1 fully saturated rings. The Hall–Kier alpha value is -1.55. The highest BCUT2D eigenvalue weighted by atomic mass is 32.2. The lowest BCUT2D eigenvalue weighted by Crippen LogP contribution is -2.34. The van der Waals surface area contributed by atoms with Gasteiger partial charge in [-0.2, -0.15) is 0 Å². The van der Waals surface area contributed by atoms with Crippen molar-refractivity contribution in [2.45, 2.75) is 36.8 Å². The van der Waals surface area contributed by atoms with Crippen molar-refractivity contribution in [2.24, 2.45) is 0 Å². The Morgan fingerprint density at radius 3 is 2.81 bits per heavy atom. The first-order chi connectivity index (χ1) is 12.5. The standard InChI is InChI=1S/C17H24N2O6S/c1-19-6-5-12-13(9-19)14(22-2)15-16(25-10-24-15)17(12)26(20,21)18-8-11-4-3-7-23-11/h11,18H,3-10H2,1-2H3/t11-/m1/s1. The van der Waals surface area contributed by atoms with Crippen molar-refractivity contribution in [3.8, 4) is 17.2 Å². The number of hydrogen-bond acceptors (Lipinski definition) is 7. The van der Waals surface area contributed by atoms with Crippen LogP contribution in [0.4, 0.5) is 0 Å². The highest BCUT2D eigenvalue weighted by molar-refractivity contribution is 7.89. The fourth-order valence-electron chi connectivity index (χ4n) is 3.83. The predicted octanol–water partition coefficient (Wildman–Crippen LogP) is 0.869. The first-order valence-electron chi connectivity index (χ1n) is 8.82. The molecule has 3 aliphatic heterocycles. The first-order valence-corrected chi connectivity index (χ1v) is 10.3. The molecule has 1 N–H and O–H groups in total. The number of methoxy groups -OCH3 is 1. The quantitative estimate of drug-likeness (QED) is 0.806. The maximum absolute atomic E-state index is 13.1. The van der Waals surface area contributed by atoms with Crippen LogP contribution in [0.15, 0.2) is 4.90 Å². The third kappa shape index (κ3) is 3.02. The Morgan fingerprint density at radius 2 is 2.08 bits per heavy atom. The van der Waals surface area contributed by atoms with Crippen molar-refractivity contribution in [3.63, 3.8) is 0 Å². The van der Waals surface area contributed by atoms with E-state index in [2.05, 4.69) is 9.62 Å². The smallest absolute Gasteiger partial charge is 0.244 e. The second-order valence-corrected chi connectivity index (χ2v) is 8.56. The fourth-order valence-corrected chi connectivity index (χ4v) is 5.32. The fraction of sp³-hybridized carbons (Fsp3) is 0.647. The van der Waals surface area contributed by atoms with Gasteiger partial charge in [0.2, 0.25) is 22.6 Å². The molecule has 3 aliphatic rings. The summed E-state index contributed by atoms with van der Waals surface area (Å²) >= 11 is 0. The maximum Gasteiger partial charge on any atom is 0.244 e. The minimum atomic E-state index is -3.77. The Balaban J connectivity index is 1.77. The van der Waals surface area contributed by atoms with Crippen LogP contribution in [0.2, 0.25) is 0 Å². The number of fused-ring (bicyclic) bond motifs is 2. The molecular weight excluding hydrogens is 360 g/mol. The highest BCUT2D eigenvalue weighted by Gasteiger charge is 2.38. The van der Waals surface area contributed by atoms with Gasteiger partial charge in [-0.3, -0.25) is 0 Å². The van der Waals surface area contributed by atoms with Crippen LogP contribution in [0.25, 0.3) is 0 Å². The van der Waals surface area contributed by atoms with Crippen molar-refractivity contribution in [3.05, 3.63) is 11.1 Å². The van der Waals surface area contributed by atoms with Gasteiger partial charge in [0.15, 0.2) is 11.5 Å². The van der Waals surface area contributed by atoms with Gasteiger partial charge in [-0.05, 0) is 31.9 Å². The van der Waals surface area contributed by atoms with E-state index >= 15 is 0 Å². The summed E-state index contributed by atoms with van der Waals surface area (Å²) in [5, 5.41) is 0. The summed E-state index contributed by atoms with van der Waals surface area (Å²) in [7, 11) is -0.204. The number of ether oxygens (including phenoxy) is 4. The van der Waals surface area contributed by atoms with E-state index in [-0.39, 0.29) is 30.1 Å². The normalized spacial score (nSPS) is 22.5. The number of nitrogens with zero attached hydrogens (tertiary/aromatic N) is 1. The van der Waals surface area contributed by atoms with Gasteiger partial charge in [0.05, 0.1) is 13.2 Å². The van der Waals surface area contributed by atoms with Crippen molar-refractivity contribution >= 4 is 10.0 Å². The van der Waals surface area contributed by atoms with E-state index < -0.39 is 10.0 Å². The zero-order valence-electron chi connectivity index (χ0n) is 15.0. The summed E-state index contributed by atoms with van der Waals surface area (Å²) in [5.41, 5.74) is 1.60. The van der Waals surface area contributed by atoms with E-state index in [9.17, 15) is 8.42 Å². The number of hydrogen-bond donors (Lipinski definition) is 1. The summed E-state index contributed by atoms with van der Waals surface area (Å²) in [4.78, 5) is 2.32. The molecule has 1 atom stereocenters.